The van der Waals surface area contributed by atoms with Gasteiger partial charge in [-0.2, -0.15) is 0 Å². The third kappa shape index (κ3) is 12.5. The zero-order chi connectivity index (χ0) is 40.4. The highest BCUT2D eigenvalue weighted by atomic mass is 16.7. The van der Waals surface area contributed by atoms with Gasteiger partial charge in [-0.3, -0.25) is 4.79 Å². The molecule has 0 amide bonds. The Labute approximate surface area is 323 Å². The predicted octanol–water partition coefficient (Wildman–Crippen LogP) is 7.55. The Balaban J connectivity index is 1.55. The van der Waals surface area contributed by atoms with Gasteiger partial charge in [0.1, 0.15) is 30.5 Å². The summed E-state index contributed by atoms with van der Waals surface area (Å²) in [7, 11) is 0. The highest BCUT2D eigenvalue weighted by molar-refractivity contribution is 6.00. The van der Waals surface area contributed by atoms with Crippen LogP contribution >= 0.6 is 0 Å². The van der Waals surface area contributed by atoms with Gasteiger partial charge in [-0.1, -0.05) is 141 Å². The van der Waals surface area contributed by atoms with Crippen molar-refractivity contribution in [3.05, 3.63) is 130 Å². The number of ketones is 1. The number of carbonyl (C=O) groups is 1. The van der Waals surface area contributed by atoms with Crippen LogP contribution in [-0.4, -0.2) is 80.8 Å². The summed E-state index contributed by atoms with van der Waals surface area (Å²) in [6.45, 7) is 19.9. The number of allylic oxidation sites excluding steroid dienone is 20. The van der Waals surface area contributed by atoms with E-state index >= 15 is 0 Å². The van der Waals surface area contributed by atoms with Gasteiger partial charge in [0.15, 0.2) is 12.1 Å². The van der Waals surface area contributed by atoms with Gasteiger partial charge in [-0.15, -0.1) is 0 Å². The standard InChI is InChI=1S/C46H64O8/c1-29(17-13-19-31(3)21-23-36-33(5)25-35(48)26-45(36,7)8)15-11-12-16-30(2)18-14-20-32(4)22-24-37-34(6)40(49)38(27-46(37,9)10)53-44-43(52)42(51)41(50)39(28-47)54-44/h11-24,35,38-39,41-44,47-48,50-52H,25-28H2,1-10H3/b12-11+,17-13+,18-14+,23-21+,24-22+,29-15+,30-16+,31-19+,32-20+/t35-,38+,39-,41-,42+,43-,44-/m1/s1. The summed E-state index contributed by atoms with van der Waals surface area (Å²) in [5.41, 5.74) is 7.94. The number of carbonyl (C=O) groups excluding carboxylic acids is 1. The van der Waals surface area contributed by atoms with Crippen LogP contribution in [0.15, 0.2) is 130 Å². The number of aliphatic hydroxyl groups excluding tert-OH is 5. The molecule has 3 aliphatic rings. The molecule has 0 saturated carbocycles. The fourth-order valence-corrected chi connectivity index (χ4v) is 7.30. The predicted molar refractivity (Wildman–Crippen MR) is 217 cm³/mol. The van der Waals surface area contributed by atoms with E-state index in [0.29, 0.717) is 12.0 Å². The van der Waals surface area contributed by atoms with E-state index < -0.39 is 48.8 Å². The molecule has 0 aromatic carbocycles. The van der Waals surface area contributed by atoms with Crippen molar-refractivity contribution in [1.29, 1.82) is 0 Å². The first-order chi connectivity index (χ1) is 25.3. The first-order valence-electron chi connectivity index (χ1n) is 18.9. The largest absolute Gasteiger partial charge is 0.394 e. The first-order valence-corrected chi connectivity index (χ1v) is 18.9. The first kappa shape index (κ1) is 44.9. The van der Waals surface area contributed by atoms with Crippen molar-refractivity contribution in [3.63, 3.8) is 0 Å². The van der Waals surface area contributed by atoms with Crippen molar-refractivity contribution in [2.45, 2.75) is 131 Å². The van der Waals surface area contributed by atoms with E-state index in [0.717, 1.165) is 35.1 Å². The van der Waals surface area contributed by atoms with E-state index in [-0.39, 0.29) is 17.3 Å². The number of aliphatic hydroxyl groups is 5. The summed E-state index contributed by atoms with van der Waals surface area (Å²) in [5, 5.41) is 50.2. The van der Waals surface area contributed by atoms with Crippen molar-refractivity contribution in [3.8, 4) is 0 Å². The highest BCUT2D eigenvalue weighted by Crippen LogP contribution is 2.42. The Morgan fingerprint density at radius 3 is 1.70 bits per heavy atom. The van der Waals surface area contributed by atoms with Crippen LogP contribution in [0.25, 0.3) is 0 Å². The van der Waals surface area contributed by atoms with Crippen LogP contribution in [0.4, 0.5) is 0 Å². The minimum atomic E-state index is -1.58. The van der Waals surface area contributed by atoms with Crippen LogP contribution in [0.2, 0.25) is 0 Å². The van der Waals surface area contributed by atoms with E-state index in [1.165, 1.54) is 16.7 Å². The summed E-state index contributed by atoms with van der Waals surface area (Å²) >= 11 is 0. The van der Waals surface area contributed by atoms with Gasteiger partial charge < -0.3 is 35.0 Å². The van der Waals surface area contributed by atoms with Crippen molar-refractivity contribution < 1.29 is 39.8 Å². The summed E-state index contributed by atoms with van der Waals surface area (Å²) in [4.78, 5) is 13.3. The zero-order valence-electron chi connectivity index (χ0n) is 33.9. The lowest BCUT2D eigenvalue weighted by molar-refractivity contribution is -0.309. The second-order valence-electron chi connectivity index (χ2n) is 16.4. The van der Waals surface area contributed by atoms with Gasteiger partial charge in [-0.05, 0) is 88.4 Å². The molecular weight excluding hydrogens is 680 g/mol. The van der Waals surface area contributed by atoms with E-state index in [1.807, 2.05) is 76.3 Å². The Morgan fingerprint density at radius 2 is 1.19 bits per heavy atom. The van der Waals surface area contributed by atoms with E-state index in [2.05, 4.69) is 71.1 Å². The quantitative estimate of drug-likeness (QED) is 0.122. The maximum Gasteiger partial charge on any atom is 0.187 e. The fraction of sp³-hybridized carbons (Fsp3) is 0.500. The number of hydrogen-bond donors (Lipinski definition) is 5. The Hall–Kier alpha value is -3.47. The molecule has 0 unspecified atom stereocenters. The Morgan fingerprint density at radius 1 is 0.704 bits per heavy atom. The number of rotatable bonds is 13. The molecule has 3 rings (SSSR count). The highest BCUT2D eigenvalue weighted by Gasteiger charge is 2.47. The van der Waals surface area contributed by atoms with Crippen LogP contribution in [0, 0.1) is 10.8 Å². The van der Waals surface area contributed by atoms with E-state index in [4.69, 9.17) is 9.47 Å². The average Bonchev–Trinajstić information content (AvgIpc) is 3.08. The van der Waals surface area contributed by atoms with Crippen LogP contribution in [-0.2, 0) is 14.3 Å². The molecule has 0 spiro atoms. The average molecular weight is 745 g/mol. The third-order valence-corrected chi connectivity index (χ3v) is 10.4. The molecular formula is C46H64O8. The lowest BCUT2D eigenvalue weighted by Gasteiger charge is -2.43. The van der Waals surface area contributed by atoms with Crippen LogP contribution in [0.5, 0.6) is 0 Å². The molecule has 1 fully saturated rings. The fourth-order valence-electron chi connectivity index (χ4n) is 7.30. The second kappa shape index (κ2) is 19.9. The van der Waals surface area contributed by atoms with Crippen molar-refractivity contribution in [2.75, 3.05) is 6.61 Å². The molecule has 296 valence electrons. The molecule has 0 bridgehead atoms. The molecule has 54 heavy (non-hydrogen) atoms. The van der Waals surface area contributed by atoms with Crippen molar-refractivity contribution in [2.24, 2.45) is 10.8 Å². The molecule has 1 saturated heterocycles. The van der Waals surface area contributed by atoms with Crippen LogP contribution in [0.1, 0.15) is 88.5 Å². The SMILES string of the molecule is CC1=C(/C=C/C(C)=C/C=C/C(C)=C/C=C/C=C(C)/C=C/C=C(C)/C=C/C2=C(C)C(=O)[C@@H](O[C@@H]3O[C@H](CO)[C@@H](O)[C@H](O)[C@H]3O)CC2(C)C)C(C)(C)C[C@H](O)C1. The molecule has 1 heterocycles. The molecule has 0 radical (unpaired) electrons. The normalized spacial score (nSPS) is 30.8. The van der Waals surface area contributed by atoms with Gasteiger partial charge in [-0.25, -0.2) is 0 Å². The molecule has 7 atom stereocenters. The second-order valence-corrected chi connectivity index (χ2v) is 16.4. The molecule has 8 heteroatoms. The summed E-state index contributed by atoms with van der Waals surface area (Å²) in [5.74, 6) is -0.243. The molecule has 2 aliphatic carbocycles. The number of Topliss-reactive ketones (excluding diaryl/α,β-unsaturated/α-hetero) is 1. The van der Waals surface area contributed by atoms with Gasteiger partial charge in [0.2, 0.25) is 0 Å². The number of ether oxygens (including phenoxy) is 2. The third-order valence-electron chi connectivity index (χ3n) is 10.4. The maximum atomic E-state index is 13.3. The topological polar surface area (TPSA) is 137 Å². The van der Waals surface area contributed by atoms with Crippen molar-refractivity contribution in [1.82, 2.24) is 0 Å². The summed E-state index contributed by atoms with van der Waals surface area (Å²) < 4.78 is 11.3. The molecule has 5 N–H and O–H groups in total. The lowest BCUT2D eigenvalue weighted by Crippen LogP contribution is -2.60. The van der Waals surface area contributed by atoms with Gasteiger partial charge in [0, 0.05) is 0 Å². The summed E-state index contributed by atoms with van der Waals surface area (Å²) in [6.07, 6.45) is 22.3. The summed E-state index contributed by atoms with van der Waals surface area (Å²) in [6, 6.07) is 0. The van der Waals surface area contributed by atoms with E-state index in [1.54, 1.807) is 6.92 Å². The van der Waals surface area contributed by atoms with Gasteiger partial charge in [0.25, 0.3) is 0 Å². The minimum Gasteiger partial charge on any atom is -0.394 e. The molecule has 1 aliphatic heterocycles. The van der Waals surface area contributed by atoms with Gasteiger partial charge >= 0.3 is 0 Å². The van der Waals surface area contributed by atoms with Gasteiger partial charge in [0.05, 0.1) is 12.7 Å². The van der Waals surface area contributed by atoms with Crippen LogP contribution < -0.4 is 0 Å². The molecule has 0 aromatic heterocycles. The van der Waals surface area contributed by atoms with Crippen LogP contribution in [0.3, 0.4) is 0 Å². The lowest BCUT2D eigenvalue weighted by atomic mass is 9.71. The zero-order valence-corrected chi connectivity index (χ0v) is 33.9. The smallest absolute Gasteiger partial charge is 0.187 e. The number of hydrogen-bond acceptors (Lipinski definition) is 8. The molecule has 8 nitrogen and oxygen atoms in total. The van der Waals surface area contributed by atoms with E-state index in [9.17, 15) is 30.3 Å². The van der Waals surface area contributed by atoms with Crippen molar-refractivity contribution >= 4 is 5.78 Å². The Bertz CT molecular complexity index is 1680. The minimum absolute atomic E-state index is 0.0270. The molecule has 0 aromatic rings. The monoisotopic (exact) mass is 744 g/mol. The maximum absolute atomic E-state index is 13.3. The Kier molecular flexibility index (Phi) is 16.6.